The third kappa shape index (κ3) is 5.21. The molecule has 1 aromatic heterocycles. The van der Waals surface area contributed by atoms with Gasteiger partial charge in [0.1, 0.15) is 5.70 Å². The van der Waals surface area contributed by atoms with Crippen molar-refractivity contribution in [3.05, 3.63) is 98.9 Å². The van der Waals surface area contributed by atoms with Crippen LogP contribution in [0.25, 0.3) is 6.08 Å². The third-order valence-corrected chi connectivity index (χ3v) is 5.53. The van der Waals surface area contributed by atoms with Gasteiger partial charge in [-0.05, 0) is 61.1 Å². The van der Waals surface area contributed by atoms with Crippen LogP contribution in [0.2, 0.25) is 0 Å². The highest BCUT2D eigenvalue weighted by molar-refractivity contribution is 7.10. The molecule has 29 heavy (non-hydrogen) atoms. The Kier molecular flexibility index (Phi) is 6.62. The second-order valence-corrected chi connectivity index (χ2v) is 7.87. The van der Waals surface area contributed by atoms with Gasteiger partial charge in [0.05, 0.1) is 6.04 Å². The number of carbonyl (C=O) groups is 2. The molecule has 4 nitrogen and oxygen atoms in total. The molecule has 0 saturated carbocycles. The van der Waals surface area contributed by atoms with Crippen molar-refractivity contribution < 1.29 is 9.59 Å². The van der Waals surface area contributed by atoms with E-state index in [9.17, 15) is 9.59 Å². The van der Waals surface area contributed by atoms with Gasteiger partial charge in [-0.15, -0.1) is 11.3 Å². The Morgan fingerprint density at radius 3 is 2.28 bits per heavy atom. The first-order valence-electron chi connectivity index (χ1n) is 9.44. The molecule has 0 radical (unpaired) electrons. The van der Waals surface area contributed by atoms with E-state index in [1.165, 1.54) is 11.3 Å². The number of amides is 2. The van der Waals surface area contributed by atoms with Crippen molar-refractivity contribution in [2.45, 2.75) is 26.8 Å². The van der Waals surface area contributed by atoms with Crippen LogP contribution in [-0.2, 0) is 4.79 Å². The predicted molar refractivity (Wildman–Crippen MR) is 119 cm³/mol. The van der Waals surface area contributed by atoms with E-state index in [1.54, 1.807) is 12.1 Å². The summed E-state index contributed by atoms with van der Waals surface area (Å²) < 4.78 is 0. The van der Waals surface area contributed by atoms with Crippen LogP contribution in [0.3, 0.4) is 0 Å². The van der Waals surface area contributed by atoms with Crippen molar-refractivity contribution in [1.29, 1.82) is 0 Å². The molecule has 0 bridgehead atoms. The number of nitrogens with one attached hydrogen (secondary N) is 2. The molecule has 0 aliphatic carbocycles. The number of thiophene rings is 1. The van der Waals surface area contributed by atoms with Crippen LogP contribution in [-0.4, -0.2) is 11.8 Å². The fraction of sp³-hybridized carbons (Fsp3) is 0.167. The fourth-order valence-electron chi connectivity index (χ4n) is 3.12. The van der Waals surface area contributed by atoms with E-state index >= 15 is 0 Å². The molecular formula is C24H24N2O2S. The Morgan fingerprint density at radius 2 is 1.62 bits per heavy atom. The molecule has 0 spiro atoms. The van der Waals surface area contributed by atoms with Crippen molar-refractivity contribution in [2.24, 2.45) is 0 Å². The fourth-order valence-corrected chi connectivity index (χ4v) is 3.77. The van der Waals surface area contributed by atoms with Crippen molar-refractivity contribution in [1.82, 2.24) is 10.6 Å². The van der Waals surface area contributed by atoms with Crippen LogP contribution in [0.5, 0.6) is 0 Å². The smallest absolute Gasteiger partial charge is 0.268 e. The maximum atomic E-state index is 13.0. The molecule has 1 atom stereocenters. The number of carbonyl (C=O) groups excluding carboxylic acids is 2. The number of rotatable bonds is 6. The van der Waals surface area contributed by atoms with Crippen molar-refractivity contribution in [2.75, 3.05) is 0 Å². The number of hydrogen-bond acceptors (Lipinski definition) is 3. The minimum absolute atomic E-state index is 0.189. The molecule has 2 aromatic carbocycles. The topological polar surface area (TPSA) is 58.2 Å². The largest absolute Gasteiger partial charge is 0.344 e. The highest BCUT2D eigenvalue weighted by Gasteiger charge is 2.19. The standard InChI is InChI=1S/C24H24N2O2S/c1-16-9-4-6-12-20(16)18(3)25-24(28)22(15-19-11-8-14-29-19)26-23(27)21-13-7-5-10-17(21)2/h4-15,18H,1-3H3,(H,25,28)(H,26,27)/b22-15-. The molecule has 3 rings (SSSR count). The molecule has 5 heteroatoms. The maximum Gasteiger partial charge on any atom is 0.268 e. The molecule has 0 aliphatic heterocycles. The maximum absolute atomic E-state index is 13.0. The molecule has 0 fully saturated rings. The van der Waals surface area contributed by atoms with E-state index in [4.69, 9.17) is 0 Å². The Bertz CT molecular complexity index is 1040. The lowest BCUT2D eigenvalue weighted by atomic mass is 10.0. The summed E-state index contributed by atoms with van der Waals surface area (Å²) in [5.74, 6) is -0.624. The van der Waals surface area contributed by atoms with E-state index in [-0.39, 0.29) is 23.6 Å². The lowest BCUT2D eigenvalue weighted by Gasteiger charge is -2.18. The lowest BCUT2D eigenvalue weighted by Crippen LogP contribution is -2.36. The summed E-state index contributed by atoms with van der Waals surface area (Å²) in [4.78, 5) is 26.7. The number of aryl methyl sites for hydroxylation is 2. The van der Waals surface area contributed by atoms with Crippen LogP contribution in [0, 0.1) is 13.8 Å². The average molecular weight is 405 g/mol. The van der Waals surface area contributed by atoms with Crippen LogP contribution in [0.15, 0.2) is 71.7 Å². The van der Waals surface area contributed by atoms with Gasteiger partial charge in [0.25, 0.3) is 11.8 Å². The first kappa shape index (κ1) is 20.6. The quantitative estimate of drug-likeness (QED) is 0.567. The van der Waals surface area contributed by atoms with E-state index in [1.807, 2.05) is 80.7 Å². The van der Waals surface area contributed by atoms with Crippen molar-refractivity contribution >= 4 is 29.2 Å². The van der Waals surface area contributed by atoms with Gasteiger partial charge < -0.3 is 10.6 Å². The summed E-state index contributed by atoms with van der Waals surface area (Å²) in [5.41, 5.74) is 3.77. The summed E-state index contributed by atoms with van der Waals surface area (Å²) in [6, 6.07) is 18.9. The molecule has 1 heterocycles. The number of benzene rings is 2. The highest BCUT2D eigenvalue weighted by atomic mass is 32.1. The zero-order valence-corrected chi connectivity index (χ0v) is 17.5. The number of hydrogen-bond donors (Lipinski definition) is 2. The molecule has 148 valence electrons. The highest BCUT2D eigenvalue weighted by Crippen LogP contribution is 2.18. The van der Waals surface area contributed by atoms with Gasteiger partial charge >= 0.3 is 0 Å². The second kappa shape index (κ2) is 9.34. The first-order valence-corrected chi connectivity index (χ1v) is 10.3. The molecule has 2 amide bonds. The normalized spacial score (nSPS) is 12.3. The SMILES string of the molecule is Cc1ccccc1C(=O)N/C(=C\c1cccs1)C(=O)NC(C)c1ccccc1C. The first-order chi connectivity index (χ1) is 14.0. The average Bonchev–Trinajstić information content (AvgIpc) is 3.21. The summed E-state index contributed by atoms with van der Waals surface area (Å²) >= 11 is 1.50. The van der Waals surface area contributed by atoms with Gasteiger partial charge in [0.2, 0.25) is 0 Å². The predicted octanol–water partition coefficient (Wildman–Crippen LogP) is 5.01. The monoisotopic (exact) mass is 404 g/mol. The Morgan fingerprint density at radius 1 is 0.931 bits per heavy atom. The van der Waals surface area contributed by atoms with Crippen molar-refractivity contribution in [3.63, 3.8) is 0 Å². The second-order valence-electron chi connectivity index (χ2n) is 6.89. The Hall–Kier alpha value is -3.18. The van der Waals surface area contributed by atoms with E-state index in [0.29, 0.717) is 5.56 Å². The molecule has 2 N–H and O–H groups in total. The summed E-state index contributed by atoms with van der Waals surface area (Å²) in [5, 5.41) is 7.74. The molecule has 0 aliphatic rings. The van der Waals surface area contributed by atoms with Gasteiger partial charge in [-0.2, -0.15) is 0 Å². The molecule has 0 saturated heterocycles. The van der Waals surface area contributed by atoms with E-state index in [0.717, 1.165) is 21.6 Å². The molecular weight excluding hydrogens is 380 g/mol. The van der Waals surface area contributed by atoms with Gasteiger partial charge in [-0.25, -0.2) is 0 Å². The minimum atomic E-state index is -0.323. The Balaban J connectivity index is 1.84. The summed E-state index contributed by atoms with van der Waals surface area (Å²) in [6.07, 6.45) is 1.71. The van der Waals surface area contributed by atoms with Gasteiger partial charge in [-0.1, -0.05) is 48.5 Å². The van der Waals surface area contributed by atoms with E-state index < -0.39 is 0 Å². The van der Waals surface area contributed by atoms with Crippen LogP contribution >= 0.6 is 11.3 Å². The zero-order chi connectivity index (χ0) is 20.8. The zero-order valence-electron chi connectivity index (χ0n) is 16.7. The van der Waals surface area contributed by atoms with Crippen LogP contribution < -0.4 is 10.6 Å². The Labute approximate surface area is 175 Å². The van der Waals surface area contributed by atoms with Crippen molar-refractivity contribution in [3.8, 4) is 0 Å². The molecule has 1 unspecified atom stereocenters. The molecule has 3 aromatic rings. The van der Waals surface area contributed by atoms with Crippen LogP contribution in [0.4, 0.5) is 0 Å². The third-order valence-electron chi connectivity index (χ3n) is 4.71. The lowest BCUT2D eigenvalue weighted by molar-refractivity contribution is -0.118. The summed E-state index contributed by atoms with van der Waals surface area (Å²) in [7, 11) is 0. The summed E-state index contributed by atoms with van der Waals surface area (Å²) in [6.45, 7) is 5.82. The minimum Gasteiger partial charge on any atom is -0.344 e. The van der Waals surface area contributed by atoms with Gasteiger partial charge in [-0.3, -0.25) is 9.59 Å². The van der Waals surface area contributed by atoms with E-state index in [2.05, 4.69) is 10.6 Å². The van der Waals surface area contributed by atoms with Crippen LogP contribution in [0.1, 0.15) is 44.9 Å². The van der Waals surface area contributed by atoms with Gasteiger partial charge in [0, 0.05) is 10.4 Å². The van der Waals surface area contributed by atoms with Gasteiger partial charge in [0.15, 0.2) is 0 Å².